The van der Waals surface area contributed by atoms with Crippen molar-refractivity contribution in [2.45, 2.75) is 6.92 Å². The second kappa shape index (κ2) is 4.18. The zero-order valence-corrected chi connectivity index (χ0v) is 9.24. The van der Waals surface area contributed by atoms with E-state index in [1.54, 1.807) is 14.0 Å². The van der Waals surface area contributed by atoms with E-state index < -0.39 is 0 Å². The van der Waals surface area contributed by atoms with Gasteiger partial charge in [-0.15, -0.1) is 0 Å². The molecular weight excluding hydrogens is 202 g/mol. The summed E-state index contributed by atoms with van der Waals surface area (Å²) >= 11 is 0. The number of aromatic amines is 1. The Morgan fingerprint density at radius 3 is 2.88 bits per heavy atom. The molecular formula is C12H13N3O. The maximum Gasteiger partial charge on any atom is 0.257 e. The third-order valence-corrected chi connectivity index (χ3v) is 2.42. The zero-order valence-electron chi connectivity index (χ0n) is 9.24. The molecule has 4 nitrogen and oxygen atoms in total. The molecule has 4 heteroatoms. The Kier molecular flexibility index (Phi) is 2.72. The summed E-state index contributed by atoms with van der Waals surface area (Å²) in [5.74, 6) is 0. The molecule has 0 unspecified atom stereocenters. The molecule has 0 aliphatic carbocycles. The molecule has 0 radical (unpaired) electrons. The van der Waals surface area contributed by atoms with Gasteiger partial charge in [0.1, 0.15) is 0 Å². The molecule has 0 spiro atoms. The van der Waals surface area contributed by atoms with Gasteiger partial charge in [-0.2, -0.15) is 5.10 Å². The van der Waals surface area contributed by atoms with Crippen LogP contribution in [-0.2, 0) is 0 Å². The minimum atomic E-state index is -0.116. The minimum Gasteiger partial charge on any atom is -0.321 e. The highest BCUT2D eigenvalue weighted by atomic mass is 16.1. The summed E-state index contributed by atoms with van der Waals surface area (Å²) in [7, 11) is 1.71. The van der Waals surface area contributed by atoms with Gasteiger partial charge >= 0.3 is 0 Å². The largest absolute Gasteiger partial charge is 0.321 e. The van der Waals surface area contributed by atoms with Crippen LogP contribution in [0.5, 0.6) is 0 Å². The van der Waals surface area contributed by atoms with Crippen molar-refractivity contribution in [3.05, 3.63) is 46.2 Å². The van der Waals surface area contributed by atoms with Crippen molar-refractivity contribution in [3.8, 4) is 0 Å². The lowest BCUT2D eigenvalue weighted by atomic mass is 10.1. The second-order valence-corrected chi connectivity index (χ2v) is 3.52. The number of para-hydroxylation sites is 1. The molecule has 1 aromatic heterocycles. The summed E-state index contributed by atoms with van der Waals surface area (Å²) < 4.78 is 0. The van der Waals surface area contributed by atoms with Crippen molar-refractivity contribution in [2.75, 3.05) is 7.05 Å². The van der Waals surface area contributed by atoms with Crippen LogP contribution in [0.25, 0.3) is 10.9 Å². The average molecular weight is 215 g/mol. The number of hydrazone groups is 1. The molecule has 0 aliphatic rings. The van der Waals surface area contributed by atoms with E-state index in [4.69, 9.17) is 0 Å². The molecule has 1 aromatic carbocycles. The molecule has 0 aliphatic heterocycles. The van der Waals surface area contributed by atoms with Crippen LogP contribution >= 0.6 is 0 Å². The van der Waals surface area contributed by atoms with E-state index in [0.29, 0.717) is 11.3 Å². The molecule has 16 heavy (non-hydrogen) atoms. The predicted octanol–water partition coefficient (Wildman–Crippen LogP) is 1.47. The Hall–Kier alpha value is -2.10. The van der Waals surface area contributed by atoms with E-state index in [1.165, 1.54) is 0 Å². The van der Waals surface area contributed by atoms with E-state index in [2.05, 4.69) is 15.5 Å². The Labute approximate surface area is 93.0 Å². The molecule has 1 heterocycles. The van der Waals surface area contributed by atoms with E-state index in [9.17, 15) is 4.79 Å². The number of hydrogen-bond donors (Lipinski definition) is 2. The zero-order chi connectivity index (χ0) is 11.5. The monoisotopic (exact) mass is 215 g/mol. The fraction of sp³-hybridized carbons (Fsp3) is 0.167. The Balaban J connectivity index is 2.68. The molecule has 2 aromatic rings. The molecule has 0 atom stereocenters. The number of benzene rings is 1. The molecule has 82 valence electrons. The van der Waals surface area contributed by atoms with Crippen LogP contribution in [-0.4, -0.2) is 17.7 Å². The highest BCUT2D eigenvalue weighted by Crippen LogP contribution is 2.10. The fourth-order valence-corrected chi connectivity index (χ4v) is 1.64. The Morgan fingerprint density at radius 2 is 2.12 bits per heavy atom. The number of pyridine rings is 1. The highest BCUT2D eigenvalue weighted by Gasteiger charge is 2.05. The van der Waals surface area contributed by atoms with Gasteiger partial charge in [0.15, 0.2) is 0 Å². The Bertz CT molecular complexity index is 598. The van der Waals surface area contributed by atoms with Crippen LogP contribution < -0.4 is 11.0 Å². The topological polar surface area (TPSA) is 57.2 Å². The summed E-state index contributed by atoms with van der Waals surface area (Å²) in [5, 5.41) is 5.01. The van der Waals surface area contributed by atoms with Gasteiger partial charge in [0, 0.05) is 12.6 Å². The van der Waals surface area contributed by atoms with Crippen molar-refractivity contribution in [3.63, 3.8) is 0 Å². The molecule has 0 amide bonds. The predicted molar refractivity (Wildman–Crippen MR) is 65.8 cm³/mol. The summed E-state index contributed by atoms with van der Waals surface area (Å²) in [5.41, 5.74) is 4.67. The maximum absolute atomic E-state index is 11.8. The molecule has 0 bridgehead atoms. The van der Waals surface area contributed by atoms with Crippen LogP contribution in [0, 0.1) is 0 Å². The first kappa shape index (κ1) is 10.4. The van der Waals surface area contributed by atoms with Crippen LogP contribution in [0.3, 0.4) is 0 Å². The summed E-state index contributed by atoms with van der Waals surface area (Å²) in [6.07, 6.45) is 0. The lowest BCUT2D eigenvalue weighted by Crippen LogP contribution is -2.17. The number of rotatable bonds is 2. The van der Waals surface area contributed by atoms with Gasteiger partial charge in [0.2, 0.25) is 0 Å². The molecule has 0 saturated carbocycles. The van der Waals surface area contributed by atoms with Gasteiger partial charge < -0.3 is 10.4 Å². The lowest BCUT2D eigenvalue weighted by Gasteiger charge is -2.02. The van der Waals surface area contributed by atoms with Crippen molar-refractivity contribution in [1.29, 1.82) is 0 Å². The second-order valence-electron chi connectivity index (χ2n) is 3.52. The van der Waals surface area contributed by atoms with E-state index in [-0.39, 0.29) is 5.56 Å². The van der Waals surface area contributed by atoms with Gasteiger partial charge in [-0.05, 0) is 24.4 Å². The third-order valence-electron chi connectivity index (χ3n) is 2.42. The first-order valence-corrected chi connectivity index (χ1v) is 5.06. The number of H-pyrrole nitrogens is 1. The van der Waals surface area contributed by atoms with Gasteiger partial charge in [-0.1, -0.05) is 18.2 Å². The maximum atomic E-state index is 11.8. The number of nitrogens with one attached hydrogen (secondary N) is 2. The van der Waals surface area contributed by atoms with Gasteiger partial charge in [-0.3, -0.25) is 4.79 Å². The van der Waals surface area contributed by atoms with Crippen molar-refractivity contribution in [2.24, 2.45) is 5.10 Å². The minimum absolute atomic E-state index is 0.116. The smallest absolute Gasteiger partial charge is 0.257 e. The van der Waals surface area contributed by atoms with Crippen LogP contribution in [0.4, 0.5) is 0 Å². The lowest BCUT2D eigenvalue weighted by molar-refractivity contribution is 0.899. The van der Waals surface area contributed by atoms with E-state index in [0.717, 1.165) is 10.9 Å². The average Bonchev–Trinajstić information content (AvgIpc) is 2.28. The summed E-state index contributed by atoms with van der Waals surface area (Å²) in [6.45, 7) is 1.80. The van der Waals surface area contributed by atoms with Gasteiger partial charge in [-0.25, -0.2) is 0 Å². The van der Waals surface area contributed by atoms with Gasteiger partial charge in [0.25, 0.3) is 5.56 Å². The number of hydrogen-bond acceptors (Lipinski definition) is 3. The Morgan fingerprint density at radius 1 is 1.38 bits per heavy atom. The van der Waals surface area contributed by atoms with Crippen molar-refractivity contribution in [1.82, 2.24) is 10.4 Å². The molecule has 0 fully saturated rings. The third kappa shape index (κ3) is 1.82. The number of nitrogens with zero attached hydrogens (tertiary/aromatic N) is 1. The SMILES string of the molecule is CN/N=C(\C)c1cc2ccccc2[nH]c1=O. The van der Waals surface area contributed by atoms with Crippen molar-refractivity contribution >= 4 is 16.6 Å². The summed E-state index contributed by atoms with van der Waals surface area (Å²) in [4.78, 5) is 14.6. The first-order chi connectivity index (χ1) is 7.72. The highest BCUT2D eigenvalue weighted by molar-refractivity contribution is 6.00. The van der Waals surface area contributed by atoms with Gasteiger partial charge in [0.05, 0.1) is 11.3 Å². The van der Waals surface area contributed by atoms with E-state index >= 15 is 0 Å². The normalized spacial score (nSPS) is 11.8. The summed E-state index contributed by atoms with van der Waals surface area (Å²) in [6, 6.07) is 9.53. The van der Waals surface area contributed by atoms with E-state index in [1.807, 2.05) is 30.3 Å². The molecule has 0 saturated heterocycles. The number of aromatic nitrogens is 1. The van der Waals surface area contributed by atoms with Crippen LogP contribution in [0.2, 0.25) is 0 Å². The van der Waals surface area contributed by atoms with Crippen LogP contribution in [0.1, 0.15) is 12.5 Å². The number of fused-ring (bicyclic) bond motifs is 1. The quantitative estimate of drug-likeness (QED) is 0.588. The van der Waals surface area contributed by atoms with Crippen molar-refractivity contribution < 1.29 is 0 Å². The van der Waals surface area contributed by atoms with Crippen LogP contribution in [0.15, 0.2) is 40.2 Å². The first-order valence-electron chi connectivity index (χ1n) is 5.06. The standard InChI is InChI=1S/C12H13N3O/c1-8(15-13-2)10-7-9-5-3-4-6-11(9)14-12(10)16/h3-7,13H,1-2H3,(H,14,16)/b15-8+. The fourth-order valence-electron chi connectivity index (χ4n) is 1.64. The molecule has 2 rings (SSSR count). The molecule has 2 N–H and O–H groups in total.